The van der Waals surface area contributed by atoms with Crippen LogP contribution in [0.15, 0.2) is 42.3 Å². The van der Waals surface area contributed by atoms with E-state index in [-0.39, 0.29) is 11.9 Å². The summed E-state index contributed by atoms with van der Waals surface area (Å²) in [4.78, 5) is 24.4. The number of amides is 1. The molecule has 1 aromatic carbocycles. The molecule has 0 saturated heterocycles. The molecule has 1 amide bonds. The highest BCUT2D eigenvalue weighted by Gasteiger charge is 2.18. The average Bonchev–Trinajstić information content (AvgIpc) is 3.39. The minimum Gasteiger partial charge on any atom is -0.497 e. The van der Waals surface area contributed by atoms with Gasteiger partial charge in [-0.2, -0.15) is 0 Å². The average molecular weight is 381 g/mol. The molecular formula is C19H19N5O2S. The molecule has 138 valence electrons. The maximum Gasteiger partial charge on any atom is 0.248 e. The van der Waals surface area contributed by atoms with Crippen molar-refractivity contribution >= 4 is 33.3 Å². The van der Waals surface area contributed by atoms with E-state index < -0.39 is 0 Å². The van der Waals surface area contributed by atoms with Crippen molar-refractivity contribution in [2.75, 3.05) is 12.4 Å². The maximum atomic E-state index is 12.5. The van der Waals surface area contributed by atoms with Gasteiger partial charge in [-0.3, -0.25) is 4.79 Å². The quantitative estimate of drug-likeness (QED) is 0.547. The number of carbonyl (C=O) groups excluding carboxylic acids is 1. The zero-order valence-corrected chi connectivity index (χ0v) is 16.0. The van der Waals surface area contributed by atoms with Crippen molar-refractivity contribution in [2.45, 2.75) is 19.9 Å². The van der Waals surface area contributed by atoms with Crippen LogP contribution in [0, 0.1) is 6.92 Å². The second kappa shape index (κ2) is 6.88. The van der Waals surface area contributed by atoms with Crippen LogP contribution in [0.5, 0.6) is 5.75 Å². The van der Waals surface area contributed by atoms with Gasteiger partial charge in [-0.15, -0.1) is 11.3 Å². The summed E-state index contributed by atoms with van der Waals surface area (Å²) in [7, 11) is 1.65. The van der Waals surface area contributed by atoms with E-state index in [1.807, 2.05) is 37.4 Å². The monoisotopic (exact) mass is 381 g/mol. The molecule has 0 aliphatic carbocycles. The molecule has 8 heteroatoms. The summed E-state index contributed by atoms with van der Waals surface area (Å²) in [5.74, 6) is 0.659. The standard InChI is InChI=1S/C19H19N5O2S/c1-11-17(14-8-13(26-3)4-5-15(14)21-11)16-9-27-19(22-16)23-18(25)12(2)24-7-6-20-10-24/h4-10,12,21H,1-3H3,(H,22,23,25). The lowest BCUT2D eigenvalue weighted by Crippen LogP contribution is -2.22. The number of ether oxygens (including phenoxy) is 1. The number of imidazole rings is 1. The molecule has 1 atom stereocenters. The summed E-state index contributed by atoms with van der Waals surface area (Å²) in [5, 5.41) is 6.45. The number of H-pyrrole nitrogens is 1. The van der Waals surface area contributed by atoms with Crippen molar-refractivity contribution in [2.24, 2.45) is 0 Å². The van der Waals surface area contributed by atoms with E-state index in [1.165, 1.54) is 11.3 Å². The molecule has 4 aromatic rings. The van der Waals surface area contributed by atoms with Gasteiger partial charge in [-0.1, -0.05) is 0 Å². The van der Waals surface area contributed by atoms with E-state index in [1.54, 1.807) is 30.4 Å². The van der Waals surface area contributed by atoms with Crippen LogP contribution in [0.1, 0.15) is 18.7 Å². The van der Waals surface area contributed by atoms with Crippen molar-refractivity contribution in [3.05, 3.63) is 48.0 Å². The number of benzene rings is 1. The topological polar surface area (TPSA) is 84.8 Å². The number of aromatic nitrogens is 4. The van der Waals surface area contributed by atoms with Crippen molar-refractivity contribution in [1.82, 2.24) is 19.5 Å². The first-order valence-electron chi connectivity index (χ1n) is 8.47. The first kappa shape index (κ1) is 17.3. The van der Waals surface area contributed by atoms with Crippen molar-refractivity contribution in [3.8, 4) is 17.0 Å². The van der Waals surface area contributed by atoms with Crippen molar-refractivity contribution in [3.63, 3.8) is 0 Å². The van der Waals surface area contributed by atoms with Gasteiger partial charge >= 0.3 is 0 Å². The number of aromatic amines is 1. The van der Waals surface area contributed by atoms with Gasteiger partial charge in [0.05, 0.1) is 19.1 Å². The van der Waals surface area contributed by atoms with E-state index in [0.717, 1.165) is 33.6 Å². The molecule has 0 radical (unpaired) electrons. The molecule has 4 rings (SSSR count). The first-order chi connectivity index (χ1) is 13.1. The Morgan fingerprint density at radius 2 is 2.26 bits per heavy atom. The van der Waals surface area contributed by atoms with E-state index in [4.69, 9.17) is 4.74 Å². The molecule has 0 spiro atoms. The molecular weight excluding hydrogens is 362 g/mol. The van der Waals surface area contributed by atoms with E-state index in [9.17, 15) is 4.79 Å². The Balaban J connectivity index is 1.62. The molecule has 0 bridgehead atoms. The highest BCUT2D eigenvalue weighted by molar-refractivity contribution is 7.14. The largest absolute Gasteiger partial charge is 0.497 e. The normalized spacial score (nSPS) is 12.3. The molecule has 2 N–H and O–H groups in total. The molecule has 3 heterocycles. The Morgan fingerprint density at radius 3 is 3.00 bits per heavy atom. The predicted molar refractivity (Wildman–Crippen MR) is 106 cm³/mol. The molecule has 0 aliphatic heterocycles. The number of anilines is 1. The fourth-order valence-corrected chi connectivity index (χ4v) is 3.76. The Labute approximate surface area is 160 Å². The zero-order valence-electron chi connectivity index (χ0n) is 15.2. The molecule has 27 heavy (non-hydrogen) atoms. The number of thiazole rings is 1. The van der Waals surface area contributed by atoms with E-state index >= 15 is 0 Å². The summed E-state index contributed by atoms with van der Waals surface area (Å²) in [6, 6.07) is 5.55. The smallest absolute Gasteiger partial charge is 0.248 e. The number of methoxy groups -OCH3 is 1. The van der Waals surface area contributed by atoms with Crippen LogP contribution in [-0.4, -0.2) is 32.5 Å². The highest BCUT2D eigenvalue weighted by Crippen LogP contribution is 2.35. The molecule has 0 aliphatic rings. The number of nitrogens with one attached hydrogen (secondary N) is 2. The summed E-state index contributed by atoms with van der Waals surface area (Å²) < 4.78 is 7.10. The van der Waals surface area contributed by atoms with Crippen LogP contribution in [0.25, 0.3) is 22.2 Å². The summed E-state index contributed by atoms with van der Waals surface area (Å²) in [6.07, 6.45) is 5.04. The van der Waals surface area contributed by atoms with Gasteiger partial charge in [0.15, 0.2) is 5.13 Å². The van der Waals surface area contributed by atoms with Crippen LogP contribution < -0.4 is 10.1 Å². The minimum absolute atomic E-state index is 0.133. The number of carbonyl (C=O) groups is 1. The Hall–Kier alpha value is -3.13. The number of hydrogen-bond donors (Lipinski definition) is 2. The number of fused-ring (bicyclic) bond motifs is 1. The Morgan fingerprint density at radius 1 is 1.41 bits per heavy atom. The second-order valence-electron chi connectivity index (χ2n) is 6.25. The predicted octanol–water partition coefficient (Wildman–Crippen LogP) is 4.00. The van der Waals surface area contributed by atoms with Crippen molar-refractivity contribution in [1.29, 1.82) is 0 Å². The fourth-order valence-electron chi connectivity index (χ4n) is 3.05. The molecule has 7 nitrogen and oxygen atoms in total. The third-order valence-corrected chi connectivity index (χ3v) is 5.29. The lowest BCUT2D eigenvalue weighted by atomic mass is 10.1. The first-order valence-corrected chi connectivity index (χ1v) is 9.35. The maximum absolute atomic E-state index is 12.5. The van der Waals surface area contributed by atoms with Gasteiger partial charge in [0.1, 0.15) is 11.8 Å². The lowest BCUT2D eigenvalue weighted by molar-refractivity contribution is -0.118. The third-order valence-electron chi connectivity index (χ3n) is 4.54. The highest BCUT2D eigenvalue weighted by atomic mass is 32.1. The number of hydrogen-bond acceptors (Lipinski definition) is 5. The Kier molecular flexibility index (Phi) is 4.41. The van der Waals surface area contributed by atoms with Crippen LogP contribution in [0.4, 0.5) is 5.13 Å². The summed E-state index contributed by atoms with van der Waals surface area (Å²) >= 11 is 1.40. The minimum atomic E-state index is -0.362. The zero-order chi connectivity index (χ0) is 19.0. The number of nitrogens with zero attached hydrogens (tertiary/aromatic N) is 3. The third kappa shape index (κ3) is 3.19. The van der Waals surface area contributed by atoms with Crippen LogP contribution in [0.2, 0.25) is 0 Å². The van der Waals surface area contributed by atoms with Crippen molar-refractivity contribution < 1.29 is 9.53 Å². The fraction of sp³-hybridized carbons (Fsp3) is 0.211. The van der Waals surface area contributed by atoms with Gasteiger partial charge in [0.2, 0.25) is 5.91 Å². The second-order valence-corrected chi connectivity index (χ2v) is 7.11. The van der Waals surface area contributed by atoms with Crippen LogP contribution in [0.3, 0.4) is 0 Å². The van der Waals surface area contributed by atoms with E-state index in [2.05, 4.69) is 20.3 Å². The molecule has 1 unspecified atom stereocenters. The summed E-state index contributed by atoms with van der Waals surface area (Å²) in [5.41, 5.74) is 3.88. The van der Waals surface area contributed by atoms with Crippen LogP contribution >= 0.6 is 11.3 Å². The van der Waals surface area contributed by atoms with Gasteiger partial charge in [-0.05, 0) is 32.0 Å². The van der Waals surface area contributed by atoms with Gasteiger partial charge < -0.3 is 19.6 Å². The number of rotatable bonds is 5. The molecule has 0 saturated carbocycles. The van der Waals surface area contributed by atoms with Crippen LogP contribution in [-0.2, 0) is 4.79 Å². The molecule has 3 aromatic heterocycles. The number of aryl methyl sites for hydroxylation is 1. The van der Waals surface area contributed by atoms with E-state index in [0.29, 0.717) is 5.13 Å². The molecule has 0 fully saturated rings. The Bertz CT molecular complexity index is 1100. The lowest BCUT2D eigenvalue weighted by Gasteiger charge is -2.11. The van der Waals surface area contributed by atoms with Gasteiger partial charge in [0.25, 0.3) is 0 Å². The van der Waals surface area contributed by atoms with Gasteiger partial charge in [-0.25, -0.2) is 9.97 Å². The van der Waals surface area contributed by atoms with Gasteiger partial charge in [0, 0.05) is 39.9 Å². The SMILES string of the molecule is COc1ccc2[nH]c(C)c(-c3csc(NC(=O)C(C)n4ccnc4)n3)c2c1. The summed E-state index contributed by atoms with van der Waals surface area (Å²) in [6.45, 7) is 3.84.